The van der Waals surface area contributed by atoms with E-state index < -0.39 is 11.2 Å². The van der Waals surface area contributed by atoms with Crippen molar-refractivity contribution < 1.29 is 18.7 Å². The van der Waals surface area contributed by atoms with Gasteiger partial charge in [-0.2, -0.15) is 0 Å². The number of aldehydes is 1. The molecule has 0 saturated heterocycles. The van der Waals surface area contributed by atoms with Crippen LogP contribution in [-0.4, -0.2) is 27.0 Å². The molecule has 0 radical (unpaired) electrons. The highest BCUT2D eigenvalue weighted by Gasteiger charge is 2.23. The molecule has 6 nitrogen and oxygen atoms in total. The fourth-order valence-electron chi connectivity index (χ4n) is 2.52. The van der Waals surface area contributed by atoms with E-state index in [4.69, 9.17) is 4.74 Å². The summed E-state index contributed by atoms with van der Waals surface area (Å²) in [4.78, 5) is 27.1. The van der Waals surface area contributed by atoms with Crippen LogP contribution >= 0.6 is 0 Å². The molecular formula is C21H20FN3O3. The Hall–Kier alpha value is -3.35. The highest BCUT2D eigenvalue weighted by molar-refractivity contribution is 5.80. The predicted molar refractivity (Wildman–Crippen MR) is 102 cm³/mol. The van der Waals surface area contributed by atoms with Crippen molar-refractivity contribution in [1.82, 2.24) is 14.8 Å². The normalized spacial score (nSPS) is 11.3. The van der Waals surface area contributed by atoms with Crippen LogP contribution in [0.2, 0.25) is 0 Å². The lowest BCUT2D eigenvalue weighted by Crippen LogP contribution is -2.24. The van der Waals surface area contributed by atoms with Gasteiger partial charge >= 0.3 is 5.97 Å². The Bertz CT molecular complexity index is 1020. The van der Waals surface area contributed by atoms with Gasteiger partial charge in [0.1, 0.15) is 12.1 Å². The smallest absolute Gasteiger partial charge is 0.313 e. The van der Waals surface area contributed by atoms with E-state index in [0.29, 0.717) is 28.8 Å². The van der Waals surface area contributed by atoms with Crippen molar-refractivity contribution in [2.45, 2.75) is 27.5 Å². The Kier molecular flexibility index (Phi) is 5.35. The summed E-state index contributed by atoms with van der Waals surface area (Å²) in [7, 11) is 0. The average Bonchev–Trinajstić information content (AvgIpc) is 3.14. The number of nitrogens with zero attached hydrogens (tertiary/aromatic N) is 3. The van der Waals surface area contributed by atoms with E-state index in [1.165, 1.54) is 17.1 Å². The molecule has 0 spiro atoms. The third-order valence-corrected chi connectivity index (χ3v) is 4.06. The zero-order chi connectivity index (χ0) is 20.3. The van der Waals surface area contributed by atoms with Crippen LogP contribution < -0.4 is 0 Å². The SMILES string of the molecule is CC(C)(C)C(=O)OCn1cnc(-c2cccc(-c3cccc(C=O)c3F)c2)n1. The van der Waals surface area contributed by atoms with Gasteiger partial charge in [0, 0.05) is 11.1 Å². The van der Waals surface area contributed by atoms with Crippen LogP contribution in [0.5, 0.6) is 0 Å². The number of benzene rings is 2. The summed E-state index contributed by atoms with van der Waals surface area (Å²) < 4.78 is 21.1. The lowest BCUT2D eigenvalue weighted by Gasteiger charge is -2.16. The van der Waals surface area contributed by atoms with Gasteiger partial charge < -0.3 is 4.74 Å². The van der Waals surface area contributed by atoms with Crippen LogP contribution in [0.4, 0.5) is 4.39 Å². The quantitative estimate of drug-likeness (QED) is 0.491. The second kappa shape index (κ2) is 7.72. The molecule has 0 aliphatic carbocycles. The van der Waals surface area contributed by atoms with E-state index >= 15 is 0 Å². The van der Waals surface area contributed by atoms with Gasteiger partial charge in [-0.05, 0) is 38.5 Å². The maximum Gasteiger partial charge on any atom is 0.313 e. The fraction of sp³-hybridized carbons (Fsp3) is 0.238. The molecule has 0 aliphatic rings. The number of esters is 1. The van der Waals surface area contributed by atoms with Crippen LogP contribution in [0.15, 0.2) is 48.8 Å². The summed E-state index contributed by atoms with van der Waals surface area (Å²) in [5, 5.41) is 4.30. The summed E-state index contributed by atoms with van der Waals surface area (Å²) in [6.45, 7) is 5.27. The molecule has 0 amide bonds. The van der Waals surface area contributed by atoms with E-state index in [9.17, 15) is 14.0 Å². The molecule has 1 aromatic heterocycles. The van der Waals surface area contributed by atoms with Gasteiger partial charge in [-0.25, -0.2) is 14.1 Å². The molecule has 0 bridgehead atoms. The third kappa shape index (κ3) is 4.14. The van der Waals surface area contributed by atoms with Crippen LogP contribution in [0.3, 0.4) is 0 Å². The number of rotatable bonds is 5. The van der Waals surface area contributed by atoms with E-state index in [1.807, 2.05) is 0 Å². The minimum absolute atomic E-state index is 0.00553. The minimum Gasteiger partial charge on any atom is -0.442 e. The van der Waals surface area contributed by atoms with Crippen molar-refractivity contribution in [1.29, 1.82) is 0 Å². The molecular weight excluding hydrogens is 361 g/mol. The first-order valence-electron chi connectivity index (χ1n) is 8.71. The molecule has 0 saturated carbocycles. The number of ether oxygens (including phenoxy) is 1. The van der Waals surface area contributed by atoms with Gasteiger partial charge in [0.15, 0.2) is 18.8 Å². The molecule has 0 atom stereocenters. The molecule has 3 aromatic rings. The first-order chi connectivity index (χ1) is 13.3. The summed E-state index contributed by atoms with van der Waals surface area (Å²) in [5.41, 5.74) is 1.01. The Morgan fingerprint density at radius 2 is 1.89 bits per heavy atom. The summed E-state index contributed by atoms with van der Waals surface area (Å²) in [5.74, 6) is -0.486. The number of hydrogen-bond acceptors (Lipinski definition) is 5. The number of hydrogen-bond donors (Lipinski definition) is 0. The summed E-state index contributed by atoms with van der Waals surface area (Å²) in [6, 6.07) is 11.7. The van der Waals surface area contributed by atoms with Crippen molar-refractivity contribution in [2.24, 2.45) is 5.41 Å². The van der Waals surface area contributed by atoms with Gasteiger partial charge in [0.05, 0.1) is 11.0 Å². The Balaban J connectivity index is 1.83. The maximum absolute atomic E-state index is 14.5. The molecule has 0 N–H and O–H groups in total. The van der Waals surface area contributed by atoms with Gasteiger partial charge in [0.25, 0.3) is 0 Å². The highest BCUT2D eigenvalue weighted by atomic mass is 19.1. The highest BCUT2D eigenvalue weighted by Crippen LogP contribution is 2.27. The molecule has 3 rings (SSSR count). The third-order valence-electron chi connectivity index (χ3n) is 4.06. The van der Waals surface area contributed by atoms with Crippen molar-refractivity contribution in [3.63, 3.8) is 0 Å². The van der Waals surface area contributed by atoms with E-state index in [-0.39, 0.29) is 18.3 Å². The minimum atomic E-state index is -0.599. The van der Waals surface area contributed by atoms with Gasteiger partial charge in [-0.3, -0.25) is 9.59 Å². The van der Waals surface area contributed by atoms with Crippen LogP contribution in [-0.2, 0) is 16.3 Å². The van der Waals surface area contributed by atoms with Gasteiger partial charge in [-0.15, -0.1) is 5.10 Å². The van der Waals surface area contributed by atoms with Crippen molar-refractivity contribution in [2.75, 3.05) is 0 Å². The Labute approximate surface area is 162 Å². The monoisotopic (exact) mass is 381 g/mol. The molecule has 0 fully saturated rings. The molecule has 7 heteroatoms. The number of aromatic nitrogens is 3. The maximum atomic E-state index is 14.5. The fourth-order valence-corrected chi connectivity index (χ4v) is 2.52. The van der Waals surface area contributed by atoms with Crippen LogP contribution in [0.1, 0.15) is 31.1 Å². The molecule has 2 aromatic carbocycles. The molecule has 28 heavy (non-hydrogen) atoms. The summed E-state index contributed by atoms with van der Waals surface area (Å²) >= 11 is 0. The summed E-state index contributed by atoms with van der Waals surface area (Å²) in [6.07, 6.45) is 1.95. The van der Waals surface area contributed by atoms with Gasteiger partial charge in [0.2, 0.25) is 0 Å². The van der Waals surface area contributed by atoms with Crippen molar-refractivity contribution in [3.05, 3.63) is 60.2 Å². The molecule has 0 aliphatic heterocycles. The first kappa shape index (κ1) is 19.4. The molecule has 1 heterocycles. The zero-order valence-electron chi connectivity index (χ0n) is 15.8. The second-order valence-electron chi connectivity index (χ2n) is 7.33. The number of carbonyl (C=O) groups is 2. The predicted octanol–water partition coefficient (Wildman–Crippen LogP) is 4.11. The van der Waals surface area contributed by atoms with E-state index in [0.717, 1.165) is 0 Å². The van der Waals surface area contributed by atoms with Crippen LogP contribution in [0.25, 0.3) is 22.5 Å². The zero-order valence-corrected chi connectivity index (χ0v) is 15.8. The molecule has 144 valence electrons. The largest absolute Gasteiger partial charge is 0.442 e. The topological polar surface area (TPSA) is 74.1 Å². The van der Waals surface area contributed by atoms with Crippen LogP contribution in [0, 0.1) is 11.2 Å². The number of halogens is 1. The molecule has 0 unspecified atom stereocenters. The van der Waals surface area contributed by atoms with E-state index in [2.05, 4.69) is 10.1 Å². The van der Waals surface area contributed by atoms with E-state index in [1.54, 1.807) is 57.2 Å². The standard InChI is InChI=1S/C21H20FN3O3/c1-21(2,3)20(27)28-13-25-12-23-19(24-25)15-7-4-6-14(10-15)17-9-5-8-16(11-26)18(17)22/h4-12H,13H2,1-3H3. The Morgan fingerprint density at radius 3 is 2.61 bits per heavy atom. The number of carbonyl (C=O) groups excluding carboxylic acids is 2. The second-order valence-corrected chi connectivity index (χ2v) is 7.33. The lowest BCUT2D eigenvalue weighted by atomic mass is 9.98. The average molecular weight is 381 g/mol. The van der Waals surface area contributed by atoms with Gasteiger partial charge in [-0.1, -0.05) is 30.3 Å². The van der Waals surface area contributed by atoms with Crippen molar-refractivity contribution in [3.8, 4) is 22.5 Å². The van der Waals surface area contributed by atoms with Crippen molar-refractivity contribution >= 4 is 12.3 Å². The first-order valence-corrected chi connectivity index (χ1v) is 8.71. The lowest BCUT2D eigenvalue weighted by molar-refractivity contribution is -0.157. The Morgan fingerprint density at radius 1 is 1.18 bits per heavy atom.